The van der Waals surface area contributed by atoms with Gasteiger partial charge in [-0.2, -0.15) is 0 Å². The third-order valence-electron chi connectivity index (χ3n) is 5.12. The minimum atomic E-state index is -3.58. The fourth-order valence-corrected chi connectivity index (χ4v) is 6.46. The molecule has 2 atom stereocenters. The van der Waals surface area contributed by atoms with Gasteiger partial charge in [0.25, 0.3) is 5.91 Å². The number of amides is 1. The lowest BCUT2D eigenvalue weighted by atomic mass is 10.0. The summed E-state index contributed by atoms with van der Waals surface area (Å²) in [5, 5.41) is 1.84. The Labute approximate surface area is 156 Å². The van der Waals surface area contributed by atoms with Gasteiger partial charge >= 0.3 is 0 Å². The molecule has 2 aromatic heterocycles. The molecule has 1 spiro atoms. The number of sulfonamides is 1. The summed E-state index contributed by atoms with van der Waals surface area (Å²) in [5.74, 6) is 0.267. The molecule has 4 heterocycles. The molecule has 0 unspecified atom stereocenters. The molecule has 2 aliphatic rings. The van der Waals surface area contributed by atoms with Crippen LogP contribution in [-0.2, 0) is 10.0 Å². The monoisotopic (exact) mass is 393 g/mol. The smallest absolute Gasteiger partial charge is 0.263 e. The summed E-state index contributed by atoms with van der Waals surface area (Å²) < 4.78 is 32.3. The first kappa shape index (κ1) is 17.4. The van der Waals surface area contributed by atoms with Crippen LogP contribution in [-0.4, -0.2) is 66.0 Å². The van der Waals surface area contributed by atoms with Gasteiger partial charge in [-0.3, -0.25) is 4.79 Å². The molecular formula is C17H19N3O4S2. The van der Waals surface area contributed by atoms with Gasteiger partial charge in [0.2, 0.25) is 15.9 Å². The van der Waals surface area contributed by atoms with E-state index in [4.69, 9.17) is 4.74 Å². The minimum Gasteiger partial charge on any atom is -0.471 e. The molecule has 0 aromatic carbocycles. The molecule has 26 heavy (non-hydrogen) atoms. The number of aromatic nitrogens is 1. The molecule has 7 nitrogen and oxygen atoms in total. The van der Waals surface area contributed by atoms with Crippen molar-refractivity contribution in [2.45, 2.75) is 17.3 Å². The van der Waals surface area contributed by atoms with Gasteiger partial charge in [-0.25, -0.2) is 17.7 Å². The van der Waals surface area contributed by atoms with Crippen molar-refractivity contribution in [1.29, 1.82) is 0 Å². The van der Waals surface area contributed by atoms with E-state index in [1.165, 1.54) is 15.6 Å². The highest BCUT2D eigenvalue weighted by atomic mass is 32.2. The molecular weight excluding hydrogens is 374 g/mol. The van der Waals surface area contributed by atoms with Gasteiger partial charge in [0, 0.05) is 32.4 Å². The summed E-state index contributed by atoms with van der Waals surface area (Å²) in [6.07, 6.45) is 1.39. The Morgan fingerprint density at radius 1 is 1.35 bits per heavy atom. The summed E-state index contributed by atoms with van der Waals surface area (Å²) in [4.78, 5) is 19.1. The predicted octanol–water partition coefficient (Wildman–Crippen LogP) is 1.45. The molecule has 0 aliphatic carbocycles. The maximum Gasteiger partial charge on any atom is 0.263 e. The Kier molecular flexibility index (Phi) is 4.25. The number of thiophene rings is 1. The number of hydrogen-bond acceptors (Lipinski definition) is 6. The van der Waals surface area contributed by atoms with Crippen LogP contribution >= 0.6 is 11.3 Å². The Bertz CT molecular complexity index is 901. The summed E-state index contributed by atoms with van der Waals surface area (Å²) >= 11 is 1.36. The van der Waals surface area contributed by atoms with Gasteiger partial charge in [-0.05, 0) is 23.9 Å². The summed E-state index contributed by atoms with van der Waals surface area (Å²) in [5.41, 5.74) is 0. The van der Waals surface area contributed by atoms with Crippen molar-refractivity contribution < 1.29 is 17.9 Å². The number of ether oxygens (including phenoxy) is 1. The predicted molar refractivity (Wildman–Crippen MR) is 97.8 cm³/mol. The van der Waals surface area contributed by atoms with E-state index in [9.17, 15) is 13.2 Å². The van der Waals surface area contributed by atoms with Gasteiger partial charge in [-0.15, -0.1) is 11.3 Å². The second kappa shape index (κ2) is 6.33. The fourth-order valence-electron chi connectivity index (χ4n) is 3.69. The highest BCUT2D eigenvalue weighted by molar-refractivity contribution is 7.90. The fraction of sp³-hybridized carbons (Fsp3) is 0.412. The van der Waals surface area contributed by atoms with E-state index in [0.717, 1.165) is 0 Å². The third-order valence-corrected chi connectivity index (χ3v) is 8.57. The van der Waals surface area contributed by atoms with Crippen molar-refractivity contribution in [1.82, 2.24) is 14.2 Å². The molecule has 9 heteroatoms. The van der Waals surface area contributed by atoms with Crippen LogP contribution in [0.1, 0.15) is 16.1 Å². The number of hydrogen-bond donors (Lipinski definition) is 0. The Morgan fingerprint density at radius 3 is 2.88 bits per heavy atom. The molecule has 2 saturated heterocycles. The number of pyridine rings is 1. The zero-order chi connectivity index (χ0) is 18.4. The highest BCUT2D eigenvalue weighted by Crippen LogP contribution is 2.42. The van der Waals surface area contributed by atoms with Crippen LogP contribution in [0.25, 0.3) is 0 Å². The SMILES string of the molecule is CN1C[C@H](Oc2ccccn2)[C@]2(CCN(C(=O)c3cccs3)C2)S1(=O)=O. The maximum absolute atomic E-state index is 13.1. The summed E-state index contributed by atoms with van der Waals surface area (Å²) in [6, 6.07) is 8.86. The molecule has 0 saturated carbocycles. The first-order valence-corrected chi connectivity index (χ1v) is 10.6. The molecule has 138 valence electrons. The maximum atomic E-state index is 13.1. The van der Waals surface area contributed by atoms with Crippen LogP contribution in [0.3, 0.4) is 0 Å². The largest absolute Gasteiger partial charge is 0.471 e. The van der Waals surface area contributed by atoms with Gasteiger partial charge in [0.05, 0.1) is 11.4 Å². The standard InChI is InChI=1S/C17H19N3O4S2/c1-19-11-14(24-15-6-2-3-8-18-15)17(26(19,22)23)7-9-20(12-17)16(21)13-5-4-10-25-13/h2-6,8,10,14H,7,9,11-12H2,1H3/t14-,17+/m0/s1. The molecule has 0 radical (unpaired) electrons. The lowest BCUT2D eigenvalue weighted by Crippen LogP contribution is -2.50. The molecule has 1 amide bonds. The van der Waals surface area contributed by atoms with Gasteiger partial charge in [0.1, 0.15) is 10.9 Å². The van der Waals surface area contributed by atoms with E-state index < -0.39 is 20.9 Å². The zero-order valence-electron chi connectivity index (χ0n) is 14.2. The molecule has 0 N–H and O–H groups in total. The number of carbonyl (C=O) groups is 1. The second-order valence-electron chi connectivity index (χ2n) is 6.58. The lowest BCUT2D eigenvalue weighted by Gasteiger charge is -2.28. The van der Waals surface area contributed by atoms with E-state index in [-0.39, 0.29) is 19.0 Å². The van der Waals surface area contributed by atoms with Crippen LogP contribution in [0.5, 0.6) is 5.88 Å². The molecule has 2 aromatic rings. The zero-order valence-corrected chi connectivity index (χ0v) is 15.9. The van der Waals surface area contributed by atoms with Gasteiger partial charge < -0.3 is 9.64 Å². The quantitative estimate of drug-likeness (QED) is 0.789. The van der Waals surface area contributed by atoms with E-state index in [1.807, 2.05) is 11.4 Å². The van der Waals surface area contributed by atoms with Crippen molar-refractivity contribution in [2.24, 2.45) is 0 Å². The normalized spacial score (nSPS) is 27.9. The average Bonchev–Trinajstić information content (AvgIpc) is 3.35. The summed E-state index contributed by atoms with van der Waals surface area (Å²) in [6.45, 7) is 0.778. The van der Waals surface area contributed by atoms with Gasteiger partial charge in [0.15, 0.2) is 0 Å². The van der Waals surface area contributed by atoms with Crippen LogP contribution in [0, 0.1) is 0 Å². The van der Waals surface area contributed by atoms with Crippen LogP contribution in [0.4, 0.5) is 0 Å². The molecule has 2 aliphatic heterocycles. The van der Waals surface area contributed by atoms with Crippen molar-refractivity contribution in [3.63, 3.8) is 0 Å². The van der Waals surface area contributed by atoms with Crippen LogP contribution in [0.2, 0.25) is 0 Å². The van der Waals surface area contributed by atoms with Crippen molar-refractivity contribution in [3.05, 3.63) is 46.8 Å². The Hall–Kier alpha value is -1.97. The van der Waals surface area contributed by atoms with E-state index in [2.05, 4.69) is 4.98 Å². The van der Waals surface area contributed by atoms with Crippen LogP contribution in [0.15, 0.2) is 41.9 Å². The van der Waals surface area contributed by atoms with Gasteiger partial charge in [-0.1, -0.05) is 12.1 Å². The molecule has 0 bridgehead atoms. The number of carbonyl (C=O) groups excluding carboxylic acids is 1. The average molecular weight is 393 g/mol. The third kappa shape index (κ3) is 2.62. The highest BCUT2D eigenvalue weighted by Gasteiger charge is 2.63. The topological polar surface area (TPSA) is 79.8 Å². The van der Waals surface area contributed by atoms with Crippen molar-refractivity contribution in [2.75, 3.05) is 26.7 Å². The number of likely N-dealkylation sites (tertiary alicyclic amines) is 1. The van der Waals surface area contributed by atoms with Crippen LogP contribution < -0.4 is 4.74 Å². The number of rotatable bonds is 3. The second-order valence-corrected chi connectivity index (χ2v) is 9.91. The number of nitrogens with zero attached hydrogens (tertiary/aromatic N) is 3. The van der Waals surface area contributed by atoms with E-state index >= 15 is 0 Å². The Balaban J connectivity index is 1.64. The molecule has 2 fully saturated rings. The molecule has 4 rings (SSSR count). The Morgan fingerprint density at radius 2 is 2.19 bits per heavy atom. The van der Waals surface area contributed by atoms with Crippen molar-refractivity contribution >= 4 is 27.3 Å². The first-order valence-electron chi connectivity index (χ1n) is 8.30. The number of likely N-dealkylation sites (N-methyl/N-ethyl adjacent to an activating group) is 1. The first-order chi connectivity index (χ1) is 12.4. The van der Waals surface area contributed by atoms with E-state index in [0.29, 0.717) is 23.7 Å². The van der Waals surface area contributed by atoms with Crippen molar-refractivity contribution in [3.8, 4) is 5.88 Å². The minimum absolute atomic E-state index is 0.127. The van der Waals surface area contributed by atoms with E-state index in [1.54, 1.807) is 42.4 Å². The summed E-state index contributed by atoms with van der Waals surface area (Å²) in [7, 11) is -2.02. The lowest BCUT2D eigenvalue weighted by molar-refractivity contribution is 0.0781.